The number of aryl methyl sites for hydroxylation is 1. The van der Waals surface area contributed by atoms with E-state index in [0.29, 0.717) is 26.3 Å². The molecule has 0 aliphatic carbocycles. The first-order valence-electron chi connectivity index (χ1n) is 9.24. The number of halogens is 1. The van der Waals surface area contributed by atoms with Crippen molar-refractivity contribution in [2.24, 2.45) is 4.99 Å². The zero-order chi connectivity index (χ0) is 19.1. The zero-order valence-electron chi connectivity index (χ0n) is 15.8. The van der Waals surface area contributed by atoms with Crippen LogP contribution in [0.4, 0.5) is 4.39 Å². The fourth-order valence-electron chi connectivity index (χ4n) is 2.98. The van der Waals surface area contributed by atoms with E-state index in [9.17, 15) is 4.39 Å². The van der Waals surface area contributed by atoms with E-state index in [2.05, 4.69) is 15.6 Å². The molecule has 0 unspecified atom stereocenters. The maximum absolute atomic E-state index is 13.2. The normalized spacial score (nSPS) is 13.8. The molecule has 5 nitrogen and oxygen atoms in total. The minimum atomic E-state index is -0.197. The fourth-order valence-corrected chi connectivity index (χ4v) is 2.98. The SMILES string of the molecule is CN=C(NCCc1ccc(F)cc1C)NCc1ccc2c(c1)OCCCO2. The molecule has 0 amide bonds. The summed E-state index contributed by atoms with van der Waals surface area (Å²) in [4.78, 5) is 4.25. The van der Waals surface area contributed by atoms with Crippen molar-refractivity contribution in [1.29, 1.82) is 0 Å². The van der Waals surface area contributed by atoms with E-state index in [0.717, 1.165) is 47.0 Å². The first kappa shape index (κ1) is 19.0. The highest BCUT2D eigenvalue weighted by molar-refractivity contribution is 5.79. The standard InChI is InChI=1S/C21H26FN3O2/c1-15-12-18(22)6-5-17(15)8-9-24-21(23-2)25-14-16-4-7-19-20(13-16)27-11-3-10-26-19/h4-7,12-13H,3,8-11,14H2,1-2H3,(H2,23,24,25). The van der Waals surface area contributed by atoms with Crippen molar-refractivity contribution in [1.82, 2.24) is 10.6 Å². The summed E-state index contributed by atoms with van der Waals surface area (Å²) in [6, 6.07) is 10.9. The third kappa shape index (κ3) is 5.36. The van der Waals surface area contributed by atoms with Crippen molar-refractivity contribution >= 4 is 5.96 Å². The van der Waals surface area contributed by atoms with Gasteiger partial charge in [0.25, 0.3) is 0 Å². The number of hydrogen-bond acceptors (Lipinski definition) is 3. The van der Waals surface area contributed by atoms with Crippen LogP contribution in [-0.2, 0) is 13.0 Å². The molecule has 2 aromatic carbocycles. The van der Waals surface area contributed by atoms with Gasteiger partial charge in [0, 0.05) is 26.6 Å². The Balaban J connectivity index is 1.50. The number of aliphatic imine (C=N–C) groups is 1. The zero-order valence-corrected chi connectivity index (χ0v) is 15.8. The van der Waals surface area contributed by atoms with Gasteiger partial charge < -0.3 is 20.1 Å². The van der Waals surface area contributed by atoms with Crippen molar-refractivity contribution in [3.63, 3.8) is 0 Å². The fraction of sp³-hybridized carbons (Fsp3) is 0.381. The summed E-state index contributed by atoms with van der Waals surface area (Å²) in [7, 11) is 1.74. The maximum Gasteiger partial charge on any atom is 0.191 e. The Morgan fingerprint density at radius 1 is 1.07 bits per heavy atom. The summed E-state index contributed by atoms with van der Waals surface area (Å²) >= 11 is 0. The number of benzene rings is 2. The summed E-state index contributed by atoms with van der Waals surface area (Å²) in [5.74, 6) is 2.12. The lowest BCUT2D eigenvalue weighted by molar-refractivity contribution is 0.297. The molecule has 2 aromatic rings. The lowest BCUT2D eigenvalue weighted by Crippen LogP contribution is -2.37. The monoisotopic (exact) mass is 371 g/mol. The number of ether oxygens (including phenoxy) is 2. The van der Waals surface area contributed by atoms with Crippen LogP contribution in [0.25, 0.3) is 0 Å². The van der Waals surface area contributed by atoms with Crippen molar-refractivity contribution < 1.29 is 13.9 Å². The van der Waals surface area contributed by atoms with E-state index in [1.54, 1.807) is 13.1 Å². The topological polar surface area (TPSA) is 54.9 Å². The Morgan fingerprint density at radius 3 is 2.67 bits per heavy atom. The number of rotatable bonds is 5. The summed E-state index contributed by atoms with van der Waals surface area (Å²) in [6.45, 7) is 4.64. The summed E-state index contributed by atoms with van der Waals surface area (Å²) in [5, 5.41) is 6.59. The van der Waals surface area contributed by atoms with Crippen LogP contribution in [0, 0.1) is 12.7 Å². The lowest BCUT2D eigenvalue weighted by atomic mass is 10.1. The molecule has 1 aliphatic heterocycles. The molecule has 2 N–H and O–H groups in total. The molecule has 0 saturated heterocycles. The molecule has 0 radical (unpaired) electrons. The first-order valence-corrected chi connectivity index (χ1v) is 9.24. The van der Waals surface area contributed by atoms with Crippen LogP contribution in [-0.4, -0.2) is 32.8 Å². The van der Waals surface area contributed by atoms with Gasteiger partial charge >= 0.3 is 0 Å². The predicted octanol–water partition coefficient (Wildman–Crippen LogP) is 3.20. The number of nitrogens with one attached hydrogen (secondary N) is 2. The van der Waals surface area contributed by atoms with E-state index in [4.69, 9.17) is 9.47 Å². The van der Waals surface area contributed by atoms with E-state index < -0.39 is 0 Å². The molecule has 3 rings (SSSR count). The van der Waals surface area contributed by atoms with Gasteiger partial charge in [0.1, 0.15) is 5.82 Å². The molecule has 0 bridgehead atoms. The molecule has 27 heavy (non-hydrogen) atoms. The molecular formula is C21H26FN3O2. The van der Waals surface area contributed by atoms with Gasteiger partial charge in [-0.25, -0.2) is 4.39 Å². The Hall–Kier alpha value is -2.76. The van der Waals surface area contributed by atoms with Crippen LogP contribution >= 0.6 is 0 Å². The van der Waals surface area contributed by atoms with Crippen LogP contribution in [0.5, 0.6) is 11.5 Å². The van der Waals surface area contributed by atoms with E-state index >= 15 is 0 Å². The van der Waals surface area contributed by atoms with Gasteiger partial charge in [-0.05, 0) is 54.3 Å². The molecule has 0 atom stereocenters. The highest BCUT2D eigenvalue weighted by atomic mass is 19.1. The predicted molar refractivity (Wildman–Crippen MR) is 105 cm³/mol. The molecule has 144 valence electrons. The second-order valence-corrected chi connectivity index (χ2v) is 6.50. The second kappa shape index (κ2) is 9.26. The van der Waals surface area contributed by atoms with E-state index in [1.807, 2.05) is 31.2 Å². The Bertz CT molecular complexity index is 808. The quantitative estimate of drug-likeness (QED) is 0.626. The number of fused-ring (bicyclic) bond motifs is 1. The molecule has 6 heteroatoms. The highest BCUT2D eigenvalue weighted by Gasteiger charge is 2.10. The molecule has 0 aromatic heterocycles. The first-order chi connectivity index (χ1) is 13.2. The van der Waals surface area contributed by atoms with Crippen molar-refractivity contribution in [2.75, 3.05) is 26.8 Å². The summed E-state index contributed by atoms with van der Waals surface area (Å²) in [6.07, 6.45) is 1.70. The van der Waals surface area contributed by atoms with E-state index in [1.165, 1.54) is 6.07 Å². The second-order valence-electron chi connectivity index (χ2n) is 6.50. The average molecular weight is 371 g/mol. The van der Waals surface area contributed by atoms with Gasteiger partial charge in [0.15, 0.2) is 17.5 Å². The molecule has 0 fully saturated rings. The van der Waals surface area contributed by atoms with Crippen molar-refractivity contribution in [3.05, 3.63) is 58.9 Å². The van der Waals surface area contributed by atoms with E-state index in [-0.39, 0.29) is 5.82 Å². The van der Waals surface area contributed by atoms with Crippen molar-refractivity contribution in [3.8, 4) is 11.5 Å². The molecule has 1 aliphatic rings. The van der Waals surface area contributed by atoms with Crippen molar-refractivity contribution in [2.45, 2.75) is 26.3 Å². The molecule has 1 heterocycles. The highest BCUT2D eigenvalue weighted by Crippen LogP contribution is 2.30. The average Bonchev–Trinajstić information content (AvgIpc) is 2.91. The van der Waals surface area contributed by atoms with Gasteiger partial charge in [-0.2, -0.15) is 0 Å². The van der Waals surface area contributed by atoms with Crippen LogP contribution in [0.15, 0.2) is 41.4 Å². The third-order valence-electron chi connectivity index (χ3n) is 4.49. The van der Waals surface area contributed by atoms with Gasteiger partial charge in [-0.3, -0.25) is 4.99 Å². The van der Waals surface area contributed by atoms with Gasteiger partial charge in [-0.1, -0.05) is 12.1 Å². The van der Waals surface area contributed by atoms with Crippen LogP contribution in [0.1, 0.15) is 23.1 Å². The maximum atomic E-state index is 13.2. The van der Waals surface area contributed by atoms with Gasteiger partial charge in [0.05, 0.1) is 13.2 Å². The number of guanidine groups is 1. The molecule has 0 spiro atoms. The Labute approximate surface area is 159 Å². The van der Waals surface area contributed by atoms with Crippen LogP contribution in [0.2, 0.25) is 0 Å². The minimum Gasteiger partial charge on any atom is -0.490 e. The van der Waals surface area contributed by atoms with Gasteiger partial charge in [-0.15, -0.1) is 0 Å². The molecular weight excluding hydrogens is 345 g/mol. The summed E-state index contributed by atoms with van der Waals surface area (Å²) in [5.41, 5.74) is 3.19. The third-order valence-corrected chi connectivity index (χ3v) is 4.49. The van der Waals surface area contributed by atoms with Crippen LogP contribution in [0.3, 0.4) is 0 Å². The van der Waals surface area contributed by atoms with Crippen LogP contribution < -0.4 is 20.1 Å². The lowest BCUT2D eigenvalue weighted by Gasteiger charge is -2.14. The minimum absolute atomic E-state index is 0.197. The number of nitrogens with zero attached hydrogens (tertiary/aromatic N) is 1. The summed E-state index contributed by atoms with van der Waals surface area (Å²) < 4.78 is 24.6. The van der Waals surface area contributed by atoms with Gasteiger partial charge in [0.2, 0.25) is 0 Å². The molecule has 0 saturated carbocycles. The Kier molecular flexibility index (Phi) is 6.52. The smallest absolute Gasteiger partial charge is 0.191 e. The Morgan fingerprint density at radius 2 is 1.89 bits per heavy atom. The number of hydrogen-bond donors (Lipinski definition) is 2. The largest absolute Gasteiger partial charge is 0.490 e.